The fourth-order valence-electron chi connectivity index (χ4n) is 8.15. The average molecular weight is 1210 g/mol. The van der Waals surface area contributed by atoms with Gasteiger partial charge in [-0.15, -0.1) is 0 Å². The topological polar surface area (TPSA) is 283 Å². The molecule has 13 fully saturated rings. The van der Waals surface area contributed by atoms with Gasteiger partial charge in [-0.1, -0.05) is 13.8 Å². The Hall–Kier alpha value is -1.04. The molecule has 84 heavy (non-hydrogen) atoms. The summed E-state index contributed by atoms with van der Waals surface area (Å²) in [5, 5.41) is 0. The molecule has 0 radical (unpaired) electrons. The minimum Gasteiger partial charge on any atom is -0.378 e. The standard InChI is InChI=1S/C17H28O8.C15H26O6.C14H24O6.C12H20O6/c1(13-5-22-13)18-9-17(10-19-2-14-6-23-14,11-20-3-15-7-24-15)12-21-4-16-8-25-16;1-2-15(9-16-3-12-6-19-12,10-17-4-13-7-20-13)11-18-5-14-8-21-14;1-14(8-15-2-11-5-18-11,9-16-3-12-6-19-12)10-17-4-13-7-20-13;1(13-3-10-5-16-10)9(15-7-12-8-18-12)2-14-4-11-6-17-11/h13-16H,1-12H2;12-14H,2-11H2,1H3;11-13H,2-10H2,1H3;9-12H,1-8H2. The van der Waals surface area contributed by atoms with E-state index in [0.29, 0.717) is 202 Å². The lowest BCUT2D eigenvalue weighted by atomic mass is 9.88. The molecule has 13 atom stereocenters. The third-order valence-corrected chi connectivity index (χ3v) is 15.0. The Morgan fingerprint density at radius 2 is 0.440 bits per heavy atom. The van der Waals surface area contributed by atoms with Gasteiger partial charge in [0.25, 0.3) is 0 Å². The smallest absolute Gasteiger partial charge is 0.104 e. The quantitative estimate of drug-likeness (QED) is 0.0730. The van der Waals surface area contributed by atoms with Crippen molar-refractivity contribution >= 4 is 0 Å². The van der Waals surface area contributed by atoms with E-state index in [1.165, 1.54) is 0 Å². The van der Waals surface area contributed by atoms with Crippen LogP contribution in [0.15, 0.2) is 0 Å². The van der Waals surface area contributed by atoms with Gasteiger partial charge in [-0.2, -0.15) is 0 Å². The first-order chi connectivity index (χ1) is 41.2. The minimum absolute atomic E-state index is 0.0355. The Kier molecular flexibility index (Phi) is 27.4. The molecule has 0 N–H and O–H groups in total. The van der Waals surface area contributed by atoms with Crippen molar-refractivity contribution in [1.82, 2.24) is 0 Å². The SMILES string of the molecule is C(OCC(COCC1CO1)(COCC1CO1)COCC1CO1)C1CO1.C(OCC1CO1)C(COCC1CO1)OCC1CO1.CC(COCC1CO1)(COCC1CO1)COCC1CO1.CCC(COCC1CO1)(COCC1CO1)COCC1CO1. The molecule has 13 aliphatic heterocycles. The summed E-state index contributed by atoms with van der Waals surface area (Å²) in [6.07, 6.45) is 4.47. The van der Waals surface area contributed by atoms with Crippen LogP contribution in [0.1, 0.15) is 20.3 Å². The lowest BCUT2D eigenvalue weighted by Gasteiger charge is -2.32. The summed E-state index contributed by atoms with van der Waals surface area (Å²) in [7, 11) is 0. The molecule has 0 aromatic carbocycles. The average Bonchev–Trinajstić information content (AvgIpc) is 4.37. The largest absolute Gasteiger partial charge is 0.378 e. The summed E-state index contributed by atoms with van der Waals surface area (Å²) in [5.41, 5.74) is -0.592. The van der Waals surface area contributed by atoms with Crippen molar-refractivity contribution in [3.8, 4) is 0 Å². The molecule has 0 amide bonds. The first-order valence-electron chi connectivity index (χ1n) is 30.8. The fraction of sp³-hybridized carbons (Fsp3) is 1.00. The number of hydrogen-bond acceptors (Lipinski definition) is 26. The fourth-order valence-corrected chi connectivity index (χ4v) is 8.15. The Balaban J connectivity index is 0.000000126. The van der Waals surface area contributed by atoms with Crippen LogP contribution in [0.25, 0.3) is 0 Å². The van der Waals surface area contributed by atoms with Crippen LogP contribution in [0.4, 0.5) is 0 Å². The molecular formula is C58H98O26. The summed E-state index contributed by atoms with van der Waals surface area (Å²) in [4.78, 5) is 0. The lowest BCUT2D eigenvalue weighted by Crippen LogP contribution is -2.43. The van der Waals surface area contributed by atoms with Gasteiger partial charge >= 0.3 is 0 Å². The normalized spacial score (nSPS) is 33.9. The zero-order valence-electron chi connectivity index (χ0n) is 49.8. The van der Waals surface area contributed by atoms with Crippen LogP contribution >= 0.6 is 0 Å². The van der Waals surface area contributed by atoms with Crippen LogP contribution in [0.3, 0.4) is 0 Å². The number of epoxide rings is 13. The van der Waals surface area contributed by atoms with Gasteiger partial charge in [0.05, 0.1) is 256 Å². The number of rotatable bonds is 52. The second-order valence-electron chi connectivity index (χ2n) is 24.8. The van der Waals surface area contributed by atoms with Crippen LogP contribution in [0.5, 0.6) is 0 Å². The van der Waals surface area contributed by atoms with Gasteiger partial charge in [0.1, 0.15) is 85.5 Å². The van der Waals surface area contributed by atoms with E-state index in [1.807, 2.05) is 0 Å². The maximum atomic E-state index is 5.88. The van der Waals surface area contributed by atoms with Gasteiger partial charge < -0.3 is 123 Å². The molecule has 0 bridgehead atoms. The molecule has 13 saturated heterocycles. The molecule has 0 aromatic rings. The molecule has 13 heterocycles. The highest BCUT2D eigenvalue weighted by Gasteiger charge is 2.39. The van der Waals surface area contributed by atoms with Gasteiger partial charge in [-0.3, -0.25) is 0 Å². The van der Waals surface area contributed by atoms with Crippen LogP contribution in [0, 0.1) is 16.2 Å². The molecule has 0 saturated carbocycles. The van der Waals surface area contributed by atoms with Crippen LogP contribution in [0.2, 0.25) is 0 Å². The molecule has 486 valence electrons. The van der Waals surface area contributed by atoms with Crippen molar-refractivity contribution < 1.29 is 123 Å². The Bertz CT molecular complexity index is 1570. The molecule has 13 unspecified atom stereocenters. The van der Waals surface area contributed by atoms with Crippen LogP contribution in [-0.4, -0.2) is 337 Å². The van der Waals surface area contributed by atoms with Gasteiger partial charge in [0.2, 0.25) is 0 Å². The maximum Gasteiger partial charge on any atom is 0.104 e. The van der Waals surface area contributed by atoms with E-state index in [1.54, 1.807) is 0 Å². The lowest BCUT2D eigenvalue weighted by molar-refractivity contribution is -0.111. The monoisotopic (exact) mass is 1210 g/mol. The second-order valence-corrected chi connectivity index (χ2v) is 24.8. The molecule has 13 aliphatic rings. The van der Waals surface area contributed by atoms with Crippen LogP contribution < -0.4 is 0 Å². The molecule has 26 heteroatoms. The third-order valence-electron chi connectivity index (χ3n) is 15.0. The van der Waals surface area contributed by atoms with Crippen molar-refractivity contribution in [3.05, 3.63) is 0 Å². The Morgan fingerprint density at radius 3 is 0.643 bits per heavy atom. The third kappa shape index (κ3) is 31.6. The van der Waals surface area contributed by atoms with Gasteiger partial charge in [0, 0.05) is 10.8 Å². The van der Waals surface area contributed by atoms with Gasteiger partial charge in [-0.25, -0.2) is 0 Å². The number of hydrogen-bond donors (Lipinski definition) is 0. The van der Waals surface area contributed by atoms with E-state index in [2.05, 4.69) is 13.8 Å². The Morgan fingerprint density at radius 1 is 0.262 bits per heavy atom. The van der Waals surface area contributed by atoms with E-state index < -0.39 is 0 Å². The Labute approximate surface area is 494 Å². The molecule has 0 aliphatic carbocycles. The van der Waals surface area contributed by atoms with Gasteiger partial charge in [-0.05, 0) is 6.42 Å². The van der Waals surface area contributed by atoms with Gasteiger partial charge in [0.15, 0.2) is 0 Å². The summed E-state index contributed by atoms with van der Waals surface area (Å²) >= 11 is 0. The van der Waals surface area contributed by atoms with Crippen molar-refractivity contribution in [2.45, 2.75) is 106 Å². The summed E-state index contributed by atoms with van der Waals surface area (Å²) in [5.74, 6) is 0. The predicted octanol–water partition coefficient (Wildman–Crippen LogP) is 0.103. The van der Waals surface area contributed by atoms with Crippen molar-refractivity contribution in [2.75, 3.05) is 251 Å². The molecular weight excluding hydrogens is 1110 g/mol. The molecule has 13 rings (SSSR count). The highest BCUT2D eigenvalue weighted by atomic mass is 16.7. The second kappa shape index (κ2) is 35.0. The zero-order chi connectivity index (χ0) is 57.5. The van der Waals surface area contributed by atoms with E-state index in [4.69, 9.17) is 123 Å². The maximum absolute atomic E-state index is 5.88. The van der Waals surface area contributed by atoms with Crippen molar-refractivity contribution in [1.29, 1.82) is 0 Å². The van der Waals surface area contributed by atoms with E-state index in [-0.39, 0.29) is 65.1 Å². The van der Waals surface area contributed by atoms with Crippen molar-refractivity contribution in [3.63, 3.8) is 0 Å². The van der Waals surface area contributed by atoms with Crippen molar-refractivity contribution in [2.24, 2.45) is 16.2 Å². The minimum atomic E-state index is -0.354. The number of ether oxygens (including phenoxy) is 26. The summed E-state index contributed by atoms with van der Waals surface area (Å²) in [6.45, 7) is 30.0. The van der Waals surface area contributed by atoms with E-state index in [0.717, 1.165) is 92.3 Å². The van der Waals surface area contributed by atoms with Crippen LogP contribution in [-0.2, 0) is 123 Å². The molecule has 0 spiro atoms. The predicted molar refractivity (Wildman–Crippen MR) is 289 cm³/mol. The highest BCUT2D eigenvalue weighted by Crippen LogP contribution is 2.29. The summed E-state index contributed by atoms with van der Waals surface area (Å²) < 4.78 is 142. The molecule has 26 nitrogen and oxygen atoms in total. The van der Waals surface area contributed by atoms with E-state index in [9.17, 15) is 0 Å². The summed E-state index contributed by atoms with van der Waals surface area (Å²) in [6, 6.07) is 0. The molecule has 0 aromatic heterocycles. The highest BCUT2D eigenvalue weighted by molar-refractivity contribution is 4.85. The first-order valence-corrected chi connectivity index (χ1v) is 30.8. The zero-order valence-corrected chi connectivity index (χ0v) is 49.8. The first kappa shape index (κ1) is 65.9. The van der Waals surface area contributed by atoms with E-state index >= 15 is 0 Å².